The Kier molecular flexibility index (Phi) is 4.08. The Bertz CT molecular complexity index is 812. The highest BCUT2D eigenvalue weighted by Gasteiger charge is 2.49. The minimum Gasteiger partial charge on any atom is -0.478 e. The van der Waals surface area contributed by atoms with Crippen LogP contribution in [0.5, 0.6) is 0 Å². The zero-order valence-electron chi connectivity index (χ0n) is 13.8. The Morgan fingerprint density at radius 2 is 2.00 bits per heavy atom. The van der Waals surface area contributed by atoms with Crippen molar-refractivity contribution in [2.75, 3.05) is 0 Å². The highest BCUT2D eigenvalue weighted by Crippen LogP contribution is 2.44. The van der Waals surface area contributed by atoms with E-state index in [0.717, 1.165) is 41.8 Å². The fourth-order valence-corrected chi connectivity index (χ4v) is 3.98. The van der Waals surface area contributed by atoms with Crippen LogP contribution in [0.4, 0.5) is 0 Å². The van der Waals surface area contributed by atoms with Gasteiger partial charge in [0, 0.05) is 17.7 Å². The number of H-pyrrole nitrogens is 1. The molecule has 124 valence electrons. The summed E-state index contributed by atoms with van der Waals surface area (Å²) in [6.07, 6.45) is 3.50. The van der Waals surface area contributed by atoms with Crippen LogP contribution in [0, 0.1) is 13.8 Å². The molecule has 6 nitrogen and oxygen atoms in total. The largest absolute Gasteiger partial charge is 0.478 e. The predicted octanol–water partition coefficient (Wildman–Crippen LogP) is 3.26. The summed E-state index contributed by atoms with van der Waals surface area (Å²) in [5.41, 5.74) is 13.8. The van der Waals surface area contributed by atoms with E-state index in [0.29, 0.717) is 12.1 Å². The van der Waals surface area contributed by atoms with Gasteiger partial charge in [-0.3, -0.25) is 5.10 Å². The van der Waals surface area contributed by atoms with Gasteiger partial charge in [0.25, 0.3) is 5.71 Å². The average molecular weight is 324 g/mol. The third-order valence-corrected chi connectivity index (χ3v) is 5.01. The van der Waals surface area contributed by atoms with Crippen LogP contribution >= 0.6 is 0 Å². The van der Waals surface area contributed by atoms with Crippen molar-refractivity contribution in [1.82, 2.24) is 10.2 Å². The lowest BCUT2D eigenvalue weighted by Crippen LogP contribution is -2.41. The Balaban J connectivity index is 2.27. The maximum atomic E-state index is 11.1. The number of carbonyl (C=O) groups is 1. The Hall–Kier alpha value is -2.72. The second kappa shape index (κ2) is 6.06. The number of hydrogen-bond donors (Lipinski definition) is 2. The lowest BCUT2D eigenvalue weighted by Gasteiger charge is -2.34. The molecule has 2 N–H and O–H groups in total. The van der Waals surface area contributed by atoms with Crippen molar-refractivity contribution in [3.05, 3.63) is 57.9 Å². The maximum Gasteiger partial charge on any atom is 0.335 e. The summed E-state index contributed by atoms with van der Waals surface area (Å²) >= 11 is 0. The van der Waals surface area contributed by atoms with Crippen LogP contribution in [0.3, 0.4) is 0 Å². The van der Waals surface area contributed by atoms with E-state index in [1.807, 2.05) is 26.0 Å². The van der Waals surface area contributed by atoms with Gasteiger partial charge >= 0.3 is 5.97 Å². The number of carboxylic acid groups (broad SMARTS) is 1. The van der Waals surface area contributed by atoms with Gasteiger partial charge in [0.15, 0.2) is 0 Å². The van der Waals surface area contributed by atoms with Crippen molar-refractivity contribution in [2.45, 2.75) is 44.9 Å². The van der Waals surface area contributed by atoms with E-state index < -0.39 is 11.4 Å². The highest BCUT2D eigenvalue weighted by atomic mass is 16.4. The molecule has 1 unspecified atom stereocenters. The molecule has 0 bridgehead atoms. The van der Waals surface area contributed by atoms with Gasteiger partial charge in [-0.1, -0.05) is 18.6 Å². The smallest absolute Gasteiger partial charge is 0.335 e. The number of nitrogens with one attached hydrogen (secondary N) is 1. The number of aromatic nitrogens is 2. The van der Waals surface area contributed by atoms with Gasteiger partial charge in [-0.25, -0.2) is 4.79 Å². The maximum absolute atomic E-state index is 11.1. The SMILES string of the molecule is Cc1n[nH]c(C)c1C1(c2ccc(C(=O)O)cc2)CCCCC1=[N+]=[N-]. The summed E-state index contributed by atoms with van der Waals surface area (Å²) in [5.74, 6) is -0.953. The van der Waals surface area contributed by atoms with E-state index in [9.17, 15) is 10.3 Å². The van der Waals surface area contributed by atoms with Gasteiger partial charge in [0.05, 0.1) is 11.3 Å². The van der Waals surface area contributed by atoms with Gasteiger partial charge in [0.2, 0.25) is 0 Å². The summed E-state index contributed by atoms with van der Waals surface area (Å²) in [4.78, 5) is 14.8. The van der Waals surface area contributed by atoms with E-state index in [1.165, 1.54) is 0 Å². The summed E-state index contributed by atoms with van der Waals surface area (Å²) < 4.78 is 0. The molecule has 0 amide bonds. The molecule has 0 aliphatic heterocycles. The van der Waals surface area contributed by atoms with E-state index in [4.69, 9.17) is 5.11 Å². The minimum atomic E-state index is -0.953. The number of carboxylic acids is 1. The van der Waals surface area contributed by atoms with Crippen LogP contribution in [-0.2, 0) is 5.41 Å². The molecule has 1 atom stereocenters. The zero-order valence-corrected chi connectivity index (χ0v) is 13.8. The summed E-state index contributed by atoms with van der Waals surface area (Å²) in [5, 5.41) is 16.5. The zero-order chi connectivity index (χ0) is 17.3. The number of benzene rings is 1. The summed E-state index contributed by atoms with van der Waals surface area (Å²) in [6, 6.07) is 6.86. The van der Waals surface area contributed by atoms with E-state index in [-0.39, 0.29) is 5.56 Å². The Morgan fingerprint density at radius 3 is 2.54 bits per heavy atom. The molecule has 1 heterocycles. The first-order valence-corrected chi connectivity index (χ1v) is 8.08. The molecule has 1 fully saturated rings. The third kappa shape index (κ3) is 2.36. The molecule has 6 heteroatoms. The fourth-order valence-electron chi connectivity index (χ4n) is 3.98. The molecule has 1 aliphatic rings. The first-order chi connectivity index (χ1) is 11.5. The van der Waals surface area contributed by atoms with Crippen molar-refractivity contribution in [1.29, 1.82) is 0 Å². The predicted molar refractivity (Wildman–Crippen MR) is 89.3 cm³/mol. The first-order valence-electron chi connectivity index (χ1n) is 8.08. The van der Waals surface area contributed by atoms with Crippen molar-refractivity contribution in [3.63, 3.8) is 0 Å². The van der Waals surface area contributed by atoms with Crippen LogP contribution < -0.4 is 0 Å². The van der Waals surface area contributed by atoms with Crippen LogP contribution in [0.15, 0.2) is 24.3 Å². The van der Waals surface area contributed by atoms with Crippen LogP contribution in [0.25, 0.3) is 5.53 Å². The second-order valence-electron chi connectivity index (χ2n) is 6.35. The molecule has 3 rings (SSSR count). The lowest BCUT2D eigenvalue weighted by atomic mass is 9.63. The number of nitrogens with zero attached hydrogens (tertiary/aromatic N) is 3. The molecule has 24 heavy (non-hydrogen) atoms. The lowest BCUT2D eigenvalue weighted by molar-refractivity contribution is -0.0194. The quantitative estimate of drug-likeness (QED) is 0.669. The van der Waals surface area contributed by atoms with Gasteiger partial charge in [-0.2, -0.15) is 9.89 Å². The van der Waals surface area contributed by atoms with E-state index in [2.05, 4.69) is 15.0 Å². The van der Waals surface area contributed by atoms with Gasteiger partial charge in [-0.15, -0.1) is 0 Å². The number of aryl methyl sites for hydroxylation is 2. The third-order valence-electron chi connectivity index (χ3n) is 5.01. The monoisotopic (exact) mass is 324 g/mol. The van der Waals surface area contributed by atoms with Crippen molar-refractivity contribution < 1.29 is 14.7 Å². The topological polar surface area (TPSA) is 102 Å². The van der Waals surface area contributed by atoms with Crippen LogP contribution in [0.1, 0.15) is 58.6 Å². The van der Waals surface area contributed by atoms with Gasteiger partial charge < -0.3 is 10.6 Å². The number of rotatable bonds is 3. The molecule has 2 aromatic rings. The van der Waals surface area contributed by atoms with Crippen molar-refractivity contribution in [3.8, 4) is 0 Å². The van der Waals surface area contributed by atoms with E-state index >= 15 is 0 Å². The second-order valence-corrected chi connectivity index (χ2v) is 6.35. The summed E-state index contributed by atoms with van der Waals surface area (Å²) in [6.45, 7) is 3.90. The van der Waals surface area contributed by atoms with E-state index in [1.54, 1.807) is 12.1 Å². The van der Waals surface area contributed by atoms with Crippen molar-refractivity contribution in [2.24, 2.45) is 0 Å². The number of aromatic carboxylic acids is 1. The van der Waals surface area contributed by atoms with Gasteiger partial charge in [0.1, 0.15) is 5.41 Å². The number of hydrogen-bond acceptors (Lipinski definition) is 2. The Labute approximate surface area is 140 Å². The standard InChI is InChI=1S/C18H20N4O2/c1-11-16(12(2)22-21-11)18(10-4-3-5-15(18)20-19)14-8-6-13(7-9-14)17(23)24/h6-9H,3-5,10H2,1-2H3,(H,21,22)(H,23,24). The first kappa shape index (κ1) is 16.1. The highest BCUT2D eigenvalue weighted by molar-refractivity contribution is 5.96. The molecule has 0 radical (unpaired) electrons. The van der Waals surface area contributed by atoms with Gasteiger partial charge in [-0.05, 0) is 44.4 Å². The molecule has 1 aliphatic carbocycles. The van der Waals surface area contributed by atoms with Crippen LogP contribution in [-0.4, -0.2) is 31.8 Å². The molecule has 0 spiro atoms. The van der Waals surface area contributed by atoms with Crippen LogP contribution in [0.2, 0.25) is 0 Å². The molecular formula is C18H20N4O2. The minimum absolute atomic E-state index is 0.243. The van der Waals surface area contributed by atoms with Crippen molar-refractivity contribution >= 4 is 11.7 Å². The molecule has 0 saturated heterocycles. The fraction of sp³-hybridized carbons (Fsp3) is 0.389. The molecule has 1 aromatic heterocycles. The number of aromatic amines is 1. The summed E-state index contributed by atoms with van der Waals surface area (Å²) in [7, 11) is 0. The normalized spacial score (nSPS) is 20.7. The molecule has 1 saturated carbocycles. The molecule has 1 aromatic carbocycles. The average Bonchev–Trinajstić information content (AvgIpc) is 2.93. The Morgan fingerprint density at radius 1 is 1.29 bits per heavy atom. The molecular weight excluding hydrogens is 304 g/mol.